The number of hydrogen-bond acceptors (Lipinski definition) is 5. The van der Waals surface area contributed by atoms with Gasteiger partial charge < -0.3 is 9.47 Å². The minimum absolute atomic E-state index is 0.413. The molecule has 0 radical (unpaired) electrons. The lowest BCUT2D eigenvalue weighted by atomic mass is 9.99. The molecule has 166 valence electrons. The number of aldehydes is 1. The van der Waals surface area contributed by atoms with Crippen molar-refractivity contribution in [3.8, 4) is 45.3 Å². The number of aromatic nitrogens is 2. The van der Waals surface area contributed by atoms with Crippen LogP contribution in [0.1, 0.15) is 15.9 Å². The molecule has 0 aliphatic carbocycles. The molecular weight excluding hydrogens is 459 g/mol. The van der Waals surface area contributed by atoms with Gasteiger partial charge in [-0.15, -0.1) is 0 Å². The quantitative estimate of drug-likeness (QED) is 0.281. The molecule has 0 atom stereocenters. The Morgan fingerprint density at radius 3 is 2.36 bits per heavy atom. The van der Waals surface area contributed by atoms with Crippen LogP contribution in [-0.4, -0.2) is 30.5 Å². The summed E-state index contributed by atoms with van der Waals surface area (Å²) in [7, 11) is 3.13. The minimum atomic E-state index is 0.413. The second-order valence-corrected chi connectivity index (χ2v) is 8.08. The molecule has 2 heterocycles. The molecule has 0 N–H and O–H groups in total. The van der Waals surface area contributed by atoms with Crippen LogP contribution in [0.25, 0.3) is 33.6 Å². The van der Waals surface area contributed by atoms with Gasteiger partial charge in [0.2, 0.25) is 5.88 Å². The topological polar surface area (TPSA) is 61.3 Å². The molecule has 0 spiro atoms. The van der Waals surface area contributed by atoms with E-state index in [1.807, 2.05) is 37.3 Å². The molecule has 5 nitrogen and oxygen atoms in total. The second kappa shape index (κ2) is 9.61. The molecule has 0 saturated carbocycles. The van der Waals surface area contributed by atoms with E-state index in [-0.39, 0.29) is 0 Å². The SMILES string of the molecule is COc1cc(C=O)cc(-c2nccc(-c3cccc(-c4ccc(C)c(OC)n4)c3Cl)c2Cl)c1. The fourth-order valence-electron chi connectivity index (χ4n) is 3.60. The maximum atomic E-state index is 11.4. The Hall–Kier alpha value is -3.41. The summed E-state index contributed by atoms with van der Waals surface area (Å²) in [5.41, 5.74) is 5.49. The molecule has 4 rings (SSSR count). The smallest absolute Gasteiger partial charge is 0.216 e. The van der Waals surface area contributed by atoms with Crippen LogP contribution in [0, 0.1) is 6.92 Å². The van der Waals surface area contributed by atoms with Crippen molar-refractivity contribution in [1.29, 1.82) is 0 Å². The molecule has 2 aromatic carbocycles. The Morgan fingerprint density at radius 2 is 1.64 bits per heavy atom. The zero-order chi connectivity index (χ0) is 23.5. The highest BCUT2D eigenvalue weighted by molar-refractivity contribution is 6.39. The third-order valence-electron chi connectivity index (χ3n) is 5.27. The first-order valence-electron chi connectivity index (χ1n) is 10.1. The highest BCUT2D eigenvalue weighted by atomic mass is 35.5. The minimum Gasteiger partial charge on any atom is -0.497 e. The first-order chi connectivity index (χ1) is 16.0. The van der Waals surface area contributed by atoms with E-state index in [1.165, 1.54) is 0 Å². The van der Waals surface area contributed by atoms with Gasteiger partial charge in [0.15, 0.2) is 0 Å². The molecule has 0 unspecified atom stereocenters. The first kappa shape index (κ1) is 22.8. The maximum Gasteiger partial charge on any atom is 0.216 e. The fraction of sp³-hybridized carbons (Fsp3) is 0.115. The number of benzene rings is 2. The molecule has 0 bridgehead atoms. The largest absolute Gasteiger partial charge is 0.497 e. The van der Waals surface area contributed by atoms with Gasteiger partial charge >= 0.3 is 0 Å². The Labute approximate surface area is 201 Å². The first-order valence-corrected chi connectivity index (χ1v) is 10.8. The summed E-state index contributed by atoms with van der Waals surface area (Å²) < 4.78 is 10.7. The Bertz CT molecular complexity index is 1360. The van der Waals surface area contributed by atoms with E-state index in [1.54, 1.807) is 44.7 Å². The number of ether oxygens (including phenoxy) is 2. The van der Waals surface area contributed by atoms with Gasteiger partial charge in [-0.05, 0) is 37.3 Å². The van der Waals surface area contributed by atoms with Crippen LogP contribution in [0.2, 0.25) is 10.0 Å². The molecule has 0 saturated heterocycles. The van der Waals surface area contributed by atoms with Gasteiger partial charge in [-0.25, -0.2) is 4.98 Å². The van der Waals surface area contributed by atoms with E-state index in [0.29, 0.717) is 49.8 Å². The molecule has 0 amide bonds. The lowest BCUT2D eigenvalue weighted by Crippen LogP contribution is -1.95. The van der Waals surface area contributed by atoms with E-state index >= 15 is 0 Å². The predicted octanol–water partition coefficient (Wildman–Crippen LogP) is 6.92. The normalized spacial score (nSPS) is 10.7. The van der Waals surface area contributed by atoms with E-state index < -0.39 is 0 Å². The Kier molecular flexibility index (Phi) is 6.63. The average Bonchev–Trinajstić information content (AvgIpc) is 2.84. The highest BCUT2D eigenvalue weighted by Crippen LogP contribution is 2.42. The molecule has 33 heavy (non-hydrogen) atoms. The molecule has 0 aliphatic rings. The van der Waals surface area contributed by atoms with Crippen molar-refractivity contribution < 1.29 is 14.3 Å². The van der Waals surface area contributed by atoms with Crippen molar-refractivity contribution in [2.75, 3.05) is 14.2 Å². The number of aryl methyl sites for hydroxylation is 1. The van der Waals surface area contributed by atoms with Crippen LogP contribution < -0.4 is 9.47 Å². The third kappa shape index (κ3) is 4.42. The van der Waals surface area contributed by atoms with Gasteiger partial charge in [-0.1, -0.05) is 47.5 Å². The summed E-state index contributed by atoms with van der Waals surface area (Å²) in [6.07, 6.45) is 2.42. The van der Waals surface area contributed by atoms with Crippen molar-refractivity contribution in [2.45, 2.75) is 6.92 Å². The molecular formula is C26H20Cl2N2O3. The summed E-state index contributed by atoms with van der Waals surface area (Å²) in [6, 6.07) is 16.5. The van der Waals surface area contributed by atoms with Crippen LogP contribution in [0.15, 0.2) is 60.8 Å². The number of hydrogen-bond donors (Lipinski definition) is 0. The molecule has 2 aromatic heterocycles. The number of rotatable bonds is 6. The lowest BCUT2D eigenvalue weighted by molar-refractivity contribution is 0.112. The van der Waals surface area contributed by atoms with Crippen molar-refractivity contribution in [2.24, 2.45) is 0 Å². The van der Waals surface area contributed by atoms with Crippen LogP contribution in [-0.2, 0) is 0 Å². The summed E-state index contributed by atoms with van der Waals surface area (Å²) >= 11 is 13.7. The molecule has 4 aromatic rings. The van der Waals surface area contributed by atoms with Crippen molar-refractivity contribution in [3.05, 3.63) is 82.0 Å². The van der Waals surface area contributed by atoms with Crippen molar-refractivity contribution in [1.82, 2.24) is 9.97 Å². The van der Waals surface area contributed by atoms with Gasteiger partial charge in [0.25, 0.3) is 0 Å². The number of pyridine rings is 2. The number of carbonyl (C=O) groups excluding carboxylic acids is 1. The predicted molar refractivity (Wildman–Crippen MR) is 132 cm³/mol. The standard InChI is InChI=1S/C26H20Cl2N2O3/c1-15-7-8-22(30-26(15)33-3)21-6-4-5-19(23(21)27)20-9-10-29-25(24(20)28)17-11-16(14-31)12-18(13-17)32-2/h4-14H,1-3H3. The van der Waals surface area contributed by atoms with Gasteiger partial charge in [0, 0.05) is 39.6 Å². The zero-order valence-electron chi connectivity index (χ0n) is 18.2. The number of halogens is 2. The number of nitrogens with zero attached hydrogens (tertiary/aromatic N) is 2. The van der Waals surface area contributed by atoms with Crippen LogP contribution >= 0.6 is 23.2 Å². The summed E-state index contributed by atoms with van der Waals surface area (Å²) in [4.78, 5) is 20.4. The number of carbonyl (C=O) groups is 1. The monoisotopic (exact) mass is 478 g/mol. The summed E-state index contributed by atoms with van der Waals surface area (Å²) in [5, 5.41) is 0.922. The van der Waals surface area contributed by atoms with E-state index in [0.717, 1.165) is 23.0 Å². The van der Waals surface area contributed by atoms with Crippen LogP contribution in [0.3, 0.4) is 0 Å². The Morgan fingerprint density at radius 1 is 0.879 bits per heavy atom. The van der Waals surface area contributed by atoms with Gasteiger partial charge in [-0.3, -0.25) is 9.78 Å². The molecule has 7 heteroatoms. The van der Waals surface area contributed by atoms with E-state index in [9.17, 15) is 4.79 Å². The fourth-order valence-corrected chi connectivity index (χ4v) is 4.25. The van der Waals surface area contributed by atoms with Gasteiger partial charge in [-0.2, -0.15) is 0 Å². The lowest BCUT2D eigenvalue weighted by Gasteiger charge is -2.14. The summed E-state index contributed by atoms with van der Waals surface area (Å²) in [5.74, 6) is 1.08. The van der Waals surface area contributed by atoms with E-state index in [2.05, 4.69) is 9.97 Å². The number of methoxy groups -OCH3 is 2. The van der Waals surface area contributed by atoms with E-state index in [4.69, 9.17) is 32.7 Å². The summed E-state index contributed by atoms with van der Waals surface area (Å²) in [6.45, 7) is 1.93. The van der Waals surface area contributed by atoms with Crippen molar-refractivity contribution >= 4 is 29.5 Å². The van der Waals surface area contributed by atoms with Gasteiger partial charge in [0.05, 0.1) is 35.7 Å². The van der Waals surface area contributed by atoms with Crippen LogP contribution in [0.4, 0.5) is 0 Å². The van der Waals surface area contributed by atoms with Crippen LogP contribution in [0.5, 0.6) is 11.6 Å². The zero-order valence-corrected chi connectivity index (χ0v) is 19.7. The molecule has 0 fully saturated rings. The highest BCUT2D eigenvalue weighted by Gasteiger charge is 2.18. The third-order valence-corrected chi connectivity index (χ3v) is 6.06. The maximum absolute atomic E-state index is 11.4. The van der Waals surface area contributed by atoms with Gasteiger partial charge in [0.1, 0.15) is 12.0 Å². The molecule has 0 aliphatic heterocycles. The second-order valence-electron chi connectivity index (χ2n) is 7.32. The average molecular weight is 479 g/mol. The Balaban J connectivity index is 1.85. The van der Waals surface area contributed by atoms with Crippen molar-refractivity contribution in [3.63, 3.8) is 0 Å².